The fraction of sp³-hybridized carbons (Fsp3) is 0.455. The van der Waals surface area contributed by atoms with Crippen LogP contribution in [0.15, 0.2) is 124 Å². The molecule has 6 saturated carbocycles. The maximum absolute atomic E-state index is 13.8. The first-order valence-corrected chi connectivity index (χ1v) is 36.9. The number of aliphatic carboxylic acids is 3. The van der Waals surface area contributed by atoms with Gasteiger partial charge in [0.15, 0.2) is 0 Å². The fourth-order valence-electron chi connectivity index (χ4n) is 21.2. The first-order valence-electron chi connectivity index (χ1n) is 36.9. The molecule has 9 fully saturated rings. The highest BCUT2D eigenvalue weighted by atomic mass is 19.1. The third kappa shape index (κ3) is 12.1. The number of carboxylic acids is 3. The number of rotatable bonds is 12. The average molecular weight is 1440 g/mol. The summed E-state index contributed by atoms with van der Waals surface area (Å²) in [5.74, 6) is -1.08. The first kappa shape index (κ1) is 72.6. The molecule has 18 heteroatoms. The molecule has 9 aromatic rings. The Morgan fingerprint density at radius 1 is 0.368 bits per heavy atom. The van der Waals surface area contributed by atoms with Gasteiger partial charge < -0.3 is 43.2 Å². The van der Waals surface area contributed by atoms with Crippen LogP contribution < -0.4 is 0 Å². The second-order valence-electron chi connectivity index (χ2n) is 32.3. The van der Waals surface area contributed by atoms with E-state index < -0.39 is 17.9 Å². The van der Waals surface area contributed by atoms with E-state index in [1.54, 1.807) is 0 Å². The molecule has 6 aliphatic carbocycles. The predicted octanol–water partition coefficient (Wildman–Crippen LogP) is 19.2. The Morgan fingerprint density at radius 3 is 0.849 bits per heavy atom. The van der Waals surface area contributed by atoms with E-state index in [9.17, 15) is 42.9 Å². The van der Waals surface area contributed by atoms with E-state index in [1.807, 2.05) is 55.0 Å². The lowest BCUT2D eigenvalue weighted by molar-refractivity contribution is -0.156. The maximum atomic E-state index is 13.8. The number of carbonyl (C=O) groups is 3. The molecule has 9 heterocycles. The van der Waals surface area contributed by atoms with E-state index in [1.165, 1.54) is 103 Å². The molecule has 12 aliphatic rings. The molecule has 3 unspecified atom stereocenters. The summed E-state index contributed by atoms with van der Waals surface area (Å²) in [6, 6.07) is 34.1. The highest BCUT2D eigenvalue weighted by molar-refractivity contribution is 5.99. The van der Waals surface area contributed by atoms with E-state index in [0.29, 0.717) is 75.0 Å². The van der Waals surface area contributed by atoms with Gasteiger partial charge in [-0.15, -0.1) is 0 Å². The molecule has 3 saturated heterocycles. The molecular formula is C88H97F3N6O9. The predicted molar refractivity (Wildman–Crippen MR) is 409 cm³/mol. The Hall–Kier alpha value is -8.97. The van der Waals surface area contributed by atoms with Crippen molar-refractivity contribution in [3.05, 3.63) is 194 Å². The van der Waals surface area contributed by atoms with Gasteiger partial charge >= 0.3 is 17.9 Å². The van der Waals surface area contributed by atoms with Crippen LogP contribution in [0.4, 0.5) is 13.2 Å². The Balaban J connectivity index is 0.000000125. The van der Waals surface area contributed by atoms with E-state index in [2.05, 4.69) is 65.1 Å². The highest BCUT2D eigenvalue weighted by Crippen LogP contribution is 2.68. The van der Waals surface area contributed by atoms with Crippen LogP contribution in [-0.4, -0.2) is 105 Å². The number of aromatic nitrogens is 3. The second-order valence-corrected chi connectivity index (χ2v) is 32.3. The third-order valence-corrected chi connectivity index (χ3v) is 26.0. The largest absolute Gasteiger partial charge is 0.481 e. The van der Waals surface area contributed by atoms with E-state index in [0.717, 1.165) is 166 Å². The summed E-state index contributed by atoms with van der Waals surface area (Å²) >= 11 is 0. The van der Waals surface area contributed by atoms with Gasteiger partial charge in [-0.3, -0.25) is 29.4 Å². The number of aliphatic imine (C=N–C) groups is 3. The molecule has 0 bridgehead atoms. The summed E-state index contributed by atoms with van der Waals surface area (Å²) in [6.45, 7) is 6.50. The molecule has 106 heavy (non-hydrogen) atoms. The number of carboxylic acid groups (broad SMARTS) is 3. The lowest BCUT2D eigenvalue weighted by Crippen LogP contribution is -2.49. The highest BCUT2D eigenvalue weighted by Gasteiger charge is 2.59. The molecule has 3 spiro atoms. The van der Waals surface area contributed by atoms with E-state index >= 15 is 0 Å². The van der Waals surface area contributed by atoms with E-state index in [-0.39, 0.29) is 81.2 Å². The number of benzene rings is 6. The quantitative estimate of drug-likeness (QED) is 0.107. The van der Waals surface area contributed by atoms with Crippen LogP contribution in [-0.2, 0) is 48.2 Å². The number of ether oxygens (including phenoxy) is 3. The van der Waals surface area contributed by atoms with Crippen molar-refractivity contribution in [2.24, 2.45) is 49.0 Å². The molecule has 6 aliphatic heterocycles. The van der Waals surface area contributed by atoms with Crippen LogP contribution in [0.5, 0.6) is 0 Å². The minimum absolute atomic E-state index is 0. The number of hydrogen-bond donors (Lipinski definition) is 3. The standard InChI is InChI=1S/3C28H27FN2O3.4CH4/c3*29-21-1-3-22(4-2-21)31-24-8-18-14-30-13-17(18)7-23(24)25(26(31)16-5-6-34-15-16)19-9-28(10-19)11-20(12-28)27(32)33;;;;/h3*1-4,7-8,14,16,19-20H,5-6,9-13,15H2,(H,32,33);4*1H4. The number of hydrogen-bond acceptors (Lipinski definition) is 9. The molecule has 6 aromatic carbocycles. The van der Waals surface area contributed by atoms with Crippen molar-refractivity contribution < 1.29 is 57.1 Å². The van der Waals surface area contributed by atoms with Gasteiger partial charge in [0, 0.05) is 107 Å². The van der Waals surface area contributed by atoms with Crippen molar-refractivity contribution in [1.82, 2.24) is 13.7 Å². The molecular weight excluding hydrogens is 1340 g/mol. The summed E-state index contributed by atoms with van der Waals surface area (Å²) in [7, 11) is 0. The van der Waals surface area contributed by atoms with Crippen molar-refractivity contribution in [3.63, 3.8) is 0 Å². The molecule has 3 atom stereocenters. The Kier molecular flexibility index (Phi) is 18.9. The summed E-state index contributed by atoms with van der Waals surface area (Å²) in [4.78, 5) is 47.7. The van der Waals surface area contributed by atoms with Crippen molar-refractivity contribution in [3.8, 4) is 17.1 Å². The van der Waals surface area contributed by atoms with Crippen LogP contribution >= 0.6 is 0 Å². The van der Waals surface area contributed by atoms with Crippen molar-refractivity contribution >= 4 is 69.3 Å². The molecule has 554 valence electrons. The summed E-state index contributed by atoms with van der Waals surface area (Å²) in [5.41, 5.74) is 22.3. The van der Waals surface area contributed by atoms with Crippen LogP contribution in [0.1, 0.15) is 229 Å². The molecule has 3 aromatic heterocycles. The van der Waals surface area contributed by atoms with Crippen molar-refractivity contribution in [2.45, 2.75) is 181 Å². The van der Waals surface area contributed by atoms with Crippen LogP contribution in [0, 0.1) is 51.5 Å². The number of halogens is 3. The average Bonchev–Trinajstić information content (AvgIpc) is 1.53. The first-order chi connectivity index (χ1) is 49.5. The normalized spacial score (nSPS) is 28.3. The van der Waals surface area contributed by atoms with Gasteiger partial charge in [-0.25, -0.2) is 13.2 Å². The topological polar surface area (TPSA) is 191 Å². The minimum atomic E-state index is -0.652. The number of fused-ring (bicyclic) bond motifs is 6. The Bertz CT molecular complexity index is 4510. The van der Waals surface area contributed by atoms with Crippen LogP contribution in [0.3, 0.4) is 0 Å². The zero-order valence-corrected chi connectivity index (χ0v) is 56.9. The smallest absolute Gasteiger partial charge is 0.306 e. The van der Waals surface area contributed by atoms with Gasteiger partial charge in [0.2, 0.25) is 0 Å². The summed E-state index contributed by atoms with van der Waals surface area (Å²) < 4.78 is 66.0. The van der Waals surface area contributed by atoms with Gasteiger partial charge in [-0.2, -0.15) is 0 Å². The maximum Gasteiger partial charge on any atom is 0.306 e. The van der Waals surface area contributed by atoms with Crippen LogP contribution in [0.2, 0.25) is 0 Å². The zero-order valence-electron chi connectivity index (χ0n) is 56.9. The summed E-state index contributed by atoms with van der Waals surface area (Å²) in [5, 5.41) is 31.9. The lowest BCUT2D eigenvalue weighted by atomic mass is 9.47. The van der Waals surface area contributed by atoms with Crippen molar-refractivity contribution in [1.29, 1.82) is 0 Å². The minimum Gasteiger partial charge on any atom is -0.481 e. The van der Waals surface area contributed by atoms with Gasteiger partial charge in [0.05, 0.1) is 73.8 Å². The molecule has 21 rings (SSSR count). The van der Waals surface area contributed by atoms with Gasteiger partial charge in [-0.1, -0.05) is 29.7 Å². The molecule has 3 N–H and O–H groups in total. The van der Waals surface area contributed by atoms with Gasteiger partial charge in [0.25, 0.3) is 0 Å². The molecule has 15 nitrogen and oxygen atoms in total. The van der Waals surface area contributed by atoms with Gasteiger partial charge in [0.1, 0.15) is 17.5 Å². The summed E-state index contributed by atoms with van der Waals surface area (Å²) in [6.07, 6.45) is 19.9. The second kappa shape index (κ2) is 27.7. The number of nitrogens with zero attached hydrogens (tertiary/aromatic N) is 6. The molecule has 0 amide bonds. The van der Waals surface area contributed by atoms with Crippen molar-refractivity contribution in [2.75, 3.05) is 39.6 Å². The van der Waals surface area contributed by atoms with Crippen LogP contribution in [0.25, 0.3) is 49.8 Å². The Labute approximate surface area is 617 Å². The molecule has 0 radical (unpaired) electrons. The lowest BCUT2D eigenvalue weighted by Gasteiger charge is -2.57. The third-order valence-electron chi connectivity index (χ3n) is 26.0. The van der Waals surface area contributed by atoms with E-state index in [4.69, 9.17) is 14.2 Å². The fourth-order valence-corrected chi connectivity index (χ4v) is 21.2. The monoisotopic (exact) mass is 1440 g/mol. The van der Waals surface area contributed by atoms with Gasteiger partial charge in [-0.05, 0) is 290 Å². The SMILES string of the molecule is C.C.C.C.O=C(O)C1CC2(C1)CC(c1c(C3CCOC3)n(-c3ccc(F)cc3)c3cc4c(cc13)CN=C4)C2.O=C(O)C1CC2(C1)CC(c1c(C3CCOC3)n(-c3ccc(F)cc3)c3cc4c(cc13)CN=C4)C2.O=C(O)C1CC2(C1)CC(c1c(C3CCOC3)n(-c3ccc(F)cc3)c3cc4c(cc13)CN=C4)C2. The Morgan fingerprint density at radius 2 is 0.623 bits per heavy atom. The zero-order chi connectivity index (χ0) is 69.1.